The predicted octanol–water partition coefficient (Wildman–Crippen LogP) is 3.38. The van der Waals surface area contributed by atoms with Gasteiger partial charge in [0.1, 0.15) is 0 Å². The van der Waals surface area contributed by atoms with Gasteiger partial charge in [0.15, 0.2) is 0 Å². The number of carbonyl (C=O) groups is 1. The molecule has 0 saturated carbocycles. The number of rotatable bonds is 8. The standard InChI is InChI=1S/C23H31NO4Si/c1-23(2,3)29(20-10-6-4-7-11-20,21-12-8-5-9-13-21)28-19(17-24-22(25)26)16-18-14-15-27-18/h4-13,18-19,24H,14-17H2,1-3H3,(H,25,26). The second kappa shape index (κ2) is 9.11. The largest absolute Gasteiger partial charge is 0.465 e. The lowest BCUT2D eigenvalue weighted by molar-refractivity contribution is -0.0709. The zero-order valence-electron chi connectivity index (χ0n) is 17.4. The average molecular weight is 414 g/mol. The summed E-state index contributed by atoms with van der Waals surface area (Å²) >= 11 is 0. The summed E-state index contributed by atoms with van der Waals surface area (Å²) in [5, 5.41) is 13.9. The van der Waals surface area contributed by atoms with Crippen LogP contribution < -0.4 is 15.7 Å². The normalized spacial score (nSPS) is 18.0. The zero-order chi connectivity index (χ0) is 20.9. The van der Waals surface area contributed by atoms with Gasteiger partial charge in [0, 0.05) is 19.6 Å². The van der Waals surface area contributed by atoms with Crippen molar-refractivity contribution < 1.29 is 19.1 Å². The lowest BCUT2D eigenvalue weighted by Crippen LogP contribution is -2.68. The van der Waals surface area contributed by atoms with Crippen LogP contribution in [0.25, 0.3) is 0 Å². The van der Waals surface area contributed by atoms with Crippen molar-refractivity contribution in [2.45, 2.75) is 50.9 Å². The highest BCUT2D eigenvalue weighted by Crippen LogP contribution is 2.38. The van der Waals surface area contributed by atoms with Crippen molar-refractivity contribution in [3.8, 4) is 0 Å². The van der Waals surface area contributed by atoms with Gasteiger partial charge < -0.3 is 19.6 Å². The second-order valence-electron chi connectivity index (χ2n) is 8.61. The minimum absolute atomic E-state index is 0.133. The van der Waals surface area contributed by atoms with Crippen LogP contribution in [0.15, 0.2) is 60.7 Å². The van der Waals surface area contributed by atoms with E-state index in [2.05, 4.69) is 74.6 Å². The van der Waals surface area contributed by atoms with E-state index in [0.29, 0.717) is 6.42 Å². The Labute approximate surface area is 174 Å². The lowest BCUT2D eigenvalue weighted by atomic mass is 10.1. The monoisotopic (exact) mass is 413 g/mol. The first-order valence-electron chi connectivity index (χ1n) is 10.2. The van der Waals surface area contributed by atoms with Crippen LogP contribution in [-0.4, -0.2) is 44.9 Å². The first kappa shape index (κ1) is 21.6. The van der Waals surface area contributed by atoms with Crippen molar-refractivity contribution in [1.29, 1.82) is 0 Å². The molecule has 0 spiro atoms. The molecule has 0 aromatic heterocycles. The highest BCUT2D eigenvalue weighted by atomic mass is 28.4. The fourth-order valence-electron chi connectivity index (χ4n) is 4.08. The van der Waals surface area contributed by atoms with Crippen LogP contribution >= 0.6 is 0 Å². The van der Waals surface area contributed by atoms with Crippen LogP contribution in [0.2, 0.25) is 5.04 Å². The summed E-state index contributed by atoms with van der Waals surface area (Å²) < 4.78 is 12.7. The fourth-order valence-corrected chi connectivity index (χ4v) is 8.77. The predicted molar refractivity (Wildman–Crippen MR) is 117 cm³/mol. The molecule has 1 heterocycles. The Kier molecular flexibility index (Phi) is 6.77. The maximum atomic E-state index is 11.2. The summed E-state index contributed by atoms with van der Waals surface area (Å²) in [6.45, 7) is 7.69. The van der Waals surface area contributed by atoms with Crippen molar-refractivity contribution >= 4 is 24.8 Å². The SMILES string of the molecule is CC(C)(C)[Si](OC(CNC(=O)O)CC1CCO1)(c1ccccc1)c1ccccc1. The van der Waals surface area contributed by atoms with Gasteiger partial charge in [0.25, 0.3) is 8.32 Å². The lowest BCUT2D eigenvalue weighted by Gasteiger charge is -2.46. The van der Waals surface area contributed by atoms with Gasteiger partial charge in [-0.05, 0) is 21.8 Å². The third-order valence-electron chi connectivity index (χ3n) is 5.56. The number of benzene rings is 2. The van der Waals surface area contributed by atoms with Gasteiger partial charge in [-0.1, -0.05) is 81.4 Å². The number of nitrogens with one attached hydrogen (secondary N) is 1. The number of ether oxygens (including phenoxy) is 1. The molecular formula is C23H31NO4Si. The first-order valence-corrected chi connectivity index (χ1v) is 12.1. The molecule has 6 heteroatoms. The van der Waals surface area contributed by atoms with E-state index in [4.69, 9.17) is 9.16 Å². The van der Waals surface area contributed by atoms with Gasteiger partial charge in [-0.2, -0.15) is 0 Å². The van der Waals surface area contributed by atoms with Crippen LogP contribution in [0.5, 0.6) is 0 Å². The molecule has 156 valence electrons. The molecule has 2 N–H and O–H groups in total. The van der Waals surface area contributed by atoms with Gasteiger partial charge in [-0.3, -0.25) is 0 Å². The highest BCUT2D eigenvalue weighted by Gasteiger charge is 2.51. The molecule has 1 amide bonds. The molecule has 0 radical (unpaired) electrons. The summed E-state index contributed by atoms with van der Waals surface area (Å²) in [5.41, 5.74) is 0. The van der Waals surface area contributed by atoms with Gasteiger partial charge in [0.05, 0.1) is 12.2 Å². The van der Waals surface area contributed by atoms with Crippen molar-refractivity contribution in [3.05, 3.63) is 60.7 Å². The van der Waals surface area contributed by atoms with Crippen molar-refractivity contribution in [3.63, 3.8) is 0 Å². The molecule has 2 aromatic carbocycles. The number of hydrogen-bond acceptors (Lipinski definition) is 3. The van der Waals surface area contributed by atoms with Gasteiger partial charge in [-0.15, -0.1) is 0 Å². The number of amides is 1. The molecule has 0 aliphatic carbocycles. The molecule has 2 aromatic rings. The Morgan fingerprint density at radius 1 is 1.14 bits per heavy atom. The summed E-state index contributed by atoms with van der Waals surface area (Å²) in [4.78, 5) is 11.2. The fraction of sp³-hybridized carbons (Fsp3) is 0.435. The molecule has 0 bridgehead atoms. The van der Waals surface area contributed by atoms with Crippen molar-refractivity contribution in [2.24, 2.45) is 0 Å². The van der Waals surface area contributed by atoms with Gasteiger partial charge in [-0.25, -0.2) is 4.79 Å². The topological polar surface area (TPSA) is 67.8 Å². The van der Waals surface area contributed by atoms with E-state index in [1.807, 2.05) is 12.1 Å². The molecule has 5 nitrogen and oxygen atoms in total. The Bertz CT molecular complexity index is 748. The summed E-state index contributed by atoms with van der Waals surface area (Å²) in [6.07, 6.45) is 0.519. The average Bonchev–Trinajstić information content (AvgIpc) is 2.66. The molecule has 1 aliphatic rings. The third kappa shape index (κ3) is 4.89. The molecule has 1 saturated heterocycles. The number of hydrogen-bond donors (Lipinski definition) is 2. The van der Waals surface area contributed by atoms with E-state index in [-0.39, 0.29) is 23.8 Å². The smallest absolute Gasteiger partial charge is 0.404 e. The van der Waals surface area contributed by atoms with E-state index in [1.165, 1.54) is 10.4 Å². The van der Waals surface area contributed by atoms with Gasteiger partial charge in [0.2, 0.25) is 0 Å². The molecular weight excluding hydrogens is 382 g/mol. The molecule has 2 atom stereocenters. The molecule has 2 unspecified atom stereocenters. The maximum absolute atomic E-state index is 11.2. The molecule has 1 aliphatic heterocycles. The van der Waals surface area contributed by atoms with E-state index in [9.17, 15) is 9.90 Å². The van der Waals surface area contributed by atoms with Crippen LogP contribution in [0.1, 0.15) is 33.6 Å². The Balaban J connectivity index is 2.05. The molecule has 3 rings (SSSR count). The van der Waals surface area contributed by atoms with E-state index >= 15 is 0 Å². The van der Waals surface area contributed by atoms with E-state index < -0.39 is 14.4 Å². The highest BCUT2D eigenvalue weighted by molar-refractivity contribution is 6.99. The van der Waals surface area contributed by atoms with E-state index in [1.54, 1.807) is 0 Å². The Hall–Kier alpha value is -2.15. The third-order valence-corrected chi connectivity index (χ3v) is 10.7. The maximum Gasteiger partial charge on any atom is 0.404 e. The summed E-state index contributed by atoms with van der Waals surface area (Å²) in [5.74, 6) is 0. The van der Waals surface area contributed by atoms with Gasteiger partial charge >= 0.3 is 6.09 Å². The van der Waals surface area contributed by atoms with Crippen LogP contribution in [0.4, 0.5) is 4.79 Å². The Morgan fingerprint density at radius 3 is 2.03 bits per heavy atom. The summed E-state index contributed by atoms with van der Waals surface area (Å²) in [7, 11) is -2.73. The molecule has 29 heavy (non-hydrogen) atoms. The zero-order valence-corrected chi connectivity index (χ0v) is 18.4. The van der Waals surface area contributed by atoms with Crippen LogP contribution in [0.3, 0.4) is 0 Å². The van der Waals surface area contributed by atoms with Crippen LogP contribution in [0, 0.1) is 0 Å². The van der Waals surface area contributed by atoms with Crippen molar-refractivity contribution in [2.75, 3.05) is 13.2 Å². The first-order chi connectivity index (χ1) is 13.8. The second-order valence-corrected chi connectivity index (χ2v) is 12.9. The van der Waals surface area contributed by atoms with E-state index in [0.717, 1.165) is 13.0 Å². The molecule has 1 fully saturated rings. The minimum Gasteiger partial charge on any atom is -0.465 e. The van der Waals surface area contributed by atoms with Crippen molar-refractivity contribution in [1.82, 2.24) is 5.32 Å². The number of carboxylic acid groups (broad SMARTS) is 1. The summed E-state index contributed by atoms with van der Waals surface area (Å²) in [6, 6.07) is 20.8. The Morgan fingerprint density at radius 2 is 1.66 bits per heavy atom. The minimum atomic E-state index is -2.73. The van der Waals surface area contributed by atoms with Crippen LogP contribution in [-0.2, 0) is 9.16 Å². The quantitative estimate of drug-likeness (QED) is 0.651.